The van der Waals surface area contributed by atoms with E-state index in [1.54, 1.807) is 0 Å². The molecule has 0 unspecified atom stereocenters. The van der Waals surface area contributed by atoms with Crippen molar-refractivity contribution in [2.75, 3.05) is 5.32 Å². The van der Waals surface area contributed by atoms with Crippen molar-refractivity contribution >= 4 is 11.6 Å². The SMILES string of the molecule is O=C(Nc1cccc(F)c1F)c1cccc(F)n1. The van der Waals surface area contributed by atoms with Gasteiger partial charge in [0.15, 0.2) is 11.6 Å². The van der Waals surface area contributed by atoms with Gasteiger partial charge in [0.05, 0.1) is 5.69 Å². The van der Waals surface area contributed by atoms with E-state index < -0.39 is 23.5 Å². The summed E-state index contributed by atoms with van der Waals surface area (Å²) in [6, 6.07) is 6.97. The molecule has 0 saturated carbocycles. The number of hydrogen-bond donors (Lipinski definition) is 1. The molecule has 0 fully saturated rings. The standard InChI is InChI=1S/C12H7F3N2O/c13-7-3-1-4-8(11(7)15)17-12(18)9-5-2-6-10(14)16-9/h1-6H,(H,17,18). The van der Waals surface area contributed by atoms with Gasteiger partial charge < -0.3 is 5.32 Å². The molecule has 2 rings (SSSR count). The van der Waals surface area contributed by atoms with Gasteiger partial charge in [-0.25, -0.2) is 13.8 Å². The molecule has 0 aliphatic heterocycles. The van der Waals surface area contributed by atoms with Crippen LogP contribution >= 0.6 is 0 Å². The Hall–Kier alpha value is -2.37. The molecule has 0 radical (unpaired) electrons. The van der Waals surface area contributed by atoms with Crippen molar-refractivity contribution in [2.45, 2.75) is 0 Å². The lowest BCUT2D eigenvalue weighted by Gasteiger charge is -2.06. The molecule has 0 atom stereocenters. The van der Waals surface area contributed by atoms with Crippen molar-refractivity contribution in [3.63, 3.8) is 0 Å². The van der Waals surface area contributed by atoms with Crippen molar-refractivity contribution in [2.24, 2.45) is 0 Å². The van der Waals surface area contributed by atoms with Crippen LogP contribution in [-0.2, 0) is 0 Å². The Labute approximate surface area is 100 Å². The fraction of sp³-hybridized carbons (Fsp3) is 0. The summed E-state index contributed by atoms with van der Waals surface area (Å²) in [5, 5.41) is 2.11. The minimum Gasteiger partial charge on any atom is -0.318 e. The van der Waals surface area contributed by atoms with Gasteiger partial charge in [-0.1, -0.05) is 12.1 Å². The first-order valence-corrected chi connectivity index (χ1v) is 4.96. The lowest BCUT2D eigenvalue weighted by atomic mass is 10.2. The molecule has 1 amide bonds. The van der Waals surface area contributed by atoms with E-state index >= 15 is 0 Å². The zero-order valence-electron chi connectivity index (χ0n) is 8.95. The van der Waals surface area contributed by atoms with E-state index in [-0.39, 0.29) is 11.4 Å². The van der Waals surface area contributed by atoms with E-state index in [1.807, 2.05) is 0 Å². The predicted molar refractivity (Wildman–Crippen MR) is 58.5 cm³/mol. The Morgan fingerprint density at radius 3 is 2.50 bits per heavy atom. The topological polar surface area (TPSA) is 42.0 Å². The van der Waals surface area contributed by atoms with Crippen LogP contribution in [0.2, 0.25) is 0 Å². The van der Waals surface area contributed by atoms with Crippen molar-refractivity contribution in [1.29, 1.82) is 0 Å². The maximum absolute atomic E-state index is 13.3. The number of aromatic nitrogens is 1. The van der Waals surface area contributed by atoms with E-state index in [1.165, 1.54) is 24.3 Å². The van der Waals surface area contributed by atoms with Crippen LogP contribution in [-0.4, -0.2) is 10.9 Å². The van der Waals surface area contributed by atoms with E-state index in [9.17, 15) is 18.0 Å². The number of hydrogen-bond acceptors (Lipinski definition) is 2. The monoisotopic (exact) mass is 252 g/mol. The zero-order chi connectivity index (χ0) is 13.1. The normalized spacial score (nSPS) is 10.2. The highest BCUT2D eigenvalue weighted by Crippen LogP contribution is 2.17. The molecule has 18 heavy (non-hydrogen) atoms. The largest absolute Gasteiger partial charge is 0.318 e. The second kappa shape index (κ2) is 4.87. The number of pyridine rings is 1. The van der Waals surface area contributed by atoms with Gasteiger partial charge in [0.25, 0.3) is 5.91 Å². The number of benzene rings is 1. The minimum absolute atomic E-state index is 0.223. The van der Waals surface area contributed by atoms with Crippen molar-refractivity contribution in [1.82, 2.24) is 4.98 Å². The van der Waals surface area contributed by atoms with E-state index in [4.69, 9.17) is 0 Å². The molecule has 6 heteroatoms. The summed E-state index contributed by atoms with van der Waals surface area (Å²) in [4.78, 5) is 14.9. The molecule has 1 aromatic carbocycles. The molecule has 0 bridgehead atoms. The Bertz CT molecular complexity index is 602. The molecular weight excluding hydrogens is 245 g/mol. The first-order chi connectivity index (χ1) is 8.58. The van der Waals surface area contributed by atoms with Crippen LogP contribution < -0.4 is 5.32 Å². The molecule has 1 N–H and O–H groups in total. The maximum atomic E-state index is 13.3. The number of halogens is 3. The summed E-state index contributed by atoms with van der Waals surface area (Å²) in [6.07, 6.45) is 0. The second-order valence-corrected chi connectivity index (χ2v) is 3.40. The molecule has 0 aliphatic carbocycles. The Kier molecular flexibility index (Phi) is 3.27. The van der Waals surface area contributed by atoms with Gasteiger partial charge in [-0.2, -0.15) is 4.39 Å². The minimum atomic E-state index is -1.18. The number of amides is 1. The van der Waals surface area contributed by atoms with E-state index in [0.717, 1.165) is 12.1 Å². The molecule has 2 aromatic rings. The van der Waals surface area contributed by atoms with Crippen LogP contribution in [0, 0.1) is 17.6 Å². The Balaban J connectivity index is 2.24. The third-order valence-electron chi connectivity index (χ3n) is 2.15. The van der Waals surface area contributed by atoms with Crippen LogP contribution in [0.15, 0.2) is 36.4 Å². The summed E-state index contributed by atoms with van der Waals surface area (Å²) < 4.78 is 39.0. The van der Waals surface area contributed by atoms with Gasteiger partial charge in [-0.3, -0.25) is 4.79 Å². The van der Waals surface area contributed by atoms with Crippen LogP contribution in [0.25, 0.3) is 0 Å². The highest BCUT2D eigenvalue weighted by atomic mass is 19.2. The van der Waals surface area contributed by atoms with Gasteiger partial charge in [-0.15, -0.1) is 0 Å². The summed E-state index contributed by atoms with van der Waals surface area (Å²) >= 11 is 0. The second-order valence-electron chi connectivity index (χ2n) is 3.40. The highest BCUT2D eigenvalue weighted by Gasteiger charge is 2.13. The Morgan fingerprint density at radius 2 is 1.78 bits per heavy atom. The number of rotatable bonds is 2. The van der Waals surface area contributed by atoms with Gasteiger partial charge in [-0.05, 0) is 24.3 Å². The highest BCUT2D eigenvalue weighted by molar-refractivity contribution is 6.02. The fourth-order valence-electron chi connectivity index (χ4n) is 1.32. The van der Waals surface area contributed by atoms with Crippen molar-refractivity contribution in [3.05, 3.63) is 59.7 Å². The third kappa shape index (κ3) is 2.48. The van der Waals surface area contributed by atoms with E-state index in [0.29, 0.717) is 0 Å². The zero-order valence-corrected chi connectivity index (χ0v) is 8.95. The number of anilines is 1. The van der Waals surface area contributed by atoms with Gasteiger partial charge in [0.1, 0.15) is 5.69 Å². The molecule has 3 nitrogen and oxygen atoms in total. The summed E-state index contributed by atoms with van der Waals surface area (Å²) in [5.74, 6) is -3.91. The van der Waals surface area contributed by atoms with Crippen LogP contribution in [0.4, 0.5) is 18.9 Å². The molecule has 0 spiro atoms. The fourth-order valence-corrected chi connectivity index (χ4v) is 1.32. The van der Waals surface area contributed by atoms with Crippen LogP contribution in [0.1, 0.15) is 10.5 Å². The molecule has 92 valence electrons. The molecular formula is C12H7F3N2O. The van der Waals surface area contributed by atoms with Gasteiger partial charge in [0, 0.05) is 0 Å². The smallest absolute Gasteiger partial charge is 0.274 e. The average molecular weight is 252 g/mol. The Morgan fingerprint density at radius 1 is 1.06 bits per heavy atom. The van der Waals surface area contributed by atoms with E-state index in [2.05, 4.69) is 10.3 Å². The number of carbonyl (C=O) groups excluding carboxylic acids is 1. The molecule has 0 aliphatic rings. The predicted octanol–water partition coefficient (Wildman–Crippen LogP) is 2.75. The van der Waals surface area contributed by atoms with Crippen LogP contribution in [0.5, 0.6) is 0 Å². The first-order valence-electron chi connectivity index (χ1n) is 4.96. The maximum Gasteiger partial charge on any atom is 0.274 e. The molecule has 0 saturated heterocycles. The first kappa shape index (κ1) is 12.1. The van der Waals surface area contributed by atoms with Gasteiger partial charge >= 0.3 is 0 Å². The quantitative estimate of drug-likeness (QED) is 0.835. The summed E-state index contributed by atoms with van der Waals surface area (Å²) in [7, 11) is 0. The van der Waals surface area contributed by atoms with Crippen molar-refractivity contribution < 1.29 is 18.0 Å². The number of nitrogens with zero attached hydrogens (tertiary/aromatic N) is 1. The van der Waals surface area contributed by atoms with Gasteiger partial charge in [0.2, 0.25) is 5.95 Å². The summed E-state index contributed by atoms with van der Waals surface area (Å²) in [5.41, 5.74) is -0.551. The van der Waals surface area contributed by atoms with Crippen molar-refractivity contribution in [3.8, 4) is 0 Å². The molecule has 1 heterocycles. The lowest BCUT2D eigenvalue weighted by molar-refractivity contribution is 0.102. The summed E-state index contributed by atoms with van der Waals surface area (Å²) in [6.45, 7) is 0. The van der Waals surface area contributed by atoms with Crippen LogP contribution in [0.3, 0.4) is 0 Å². The number of carbonyl (C=O) groups is 1. The average Bonchev–Trinajstić information content (AvgIpc) is 2.35. The number of nitrogens with one attached hydrogen (secondary N) is 1. The third-order valence-corrected chi connectivity index (χ3v) is 2.15. The molecule has 1 aromatic heterocycles. The lowest BCUT2D eigenvalue weighted by Crippen LogP contribution is -2.15.